The maximum Gasteiger partial charge on any atom is 0.322 e. The maximum atomic E-state index is 13.2. The van der Waals surface area contributed by atoms with Gasteiger partial charge in [-0.15, -0.1) is 0 Å². The molecule has 11 nitrogen and oxygen atoms in total. The summed E-state index contributed by atoms with van der Waals surface area (Å²) in [4.78, 5) is 57.1. The summed E-state index contributed by atoms with van der Waals surface area (Å²) < 4.78 is 0. The number of nitrogens with one attached hydrogen (secondary N) is 3. The van der Waals surface area contributed by atoms with Gasteiger partial charge in [-0.25, -0.2) is 4.98 Å². The van der Waals surface area contributed by atoms with Crippen LogP contribution >= 0.6 is 0 Å². The molecule has 30 heavy (non-hydrogen) atoms. The minimum absolute atomic E-state index is 0.177. The third kappa shape index (κ3) is 6.02. The molecule has 11 heteroatoms. The topological polar surface area (TPSA) is 171 Å². The van der Waals surface area contributed by atoms with E-state index >= 15 is 0 Å². The van der Waals surface area contributed by atoms with Gasteiger partial charge >= 0.3 is 5.97 Å². The Hall–Kier alpha value is -2.95. The van der Waals surface area contributed by atoms with Crippen molar-refractivity contribution in [1.29, 1.82) is 0 Å². The van der Waals surface area contributed by atoms with E-state index in [1.165, 1.54) is 11.2 Å². The Kier molecular flexibility index (Phi) is 8.34. The number of carboxylic acid groups (broad SMARTS) is 1. The largest absolute Gasteiger partial charge is 0.480 e. The molecule has 0 spiro atoms. The zero-order valence-electron chi connectivity index (χ0n) is 17.3. The number of likely N-dealkylation sites (tertiary alicyclic amines) is 1. The second kappa shape index (κ2) is 10.7. The smallest absolute Gasteiger partial charge is 0.322 e. The fourth-order valence-corrected chi connectivity index (χ4v) is 3.43. The van der Waals surface area contributed by atoms with Crippen molar-refractivity contribution < 1.29 is 24.3 Å². The quantitative estimate of drug-likeness (QED) is 0.322. The zero-order valence-corrected chi connectivity index (χ0v) is 17.3. The molecule has 1 aliphatic heterocycles. The second-order valence-electron chi connectivity index (χ2n) is 7.56. The number of aromatic nitrogens is 2. The number of aromatic amines is 1. The van der Waals surface area contributed by atoms with Gasteiger partial charge in [0.1, 0.15) is 18.6 Å². The Morgan fingerprint density at radius 1 is 1.40 bits per heavy atom. The summed E-state index contributed by atoms with van der Waals surface area (Å²) in [6, 6.07) is -2.44. The molecule has 0 aromatic carbocycles. The van der Waals surface area contributed by atoms with E-state index in [1.54, 1.807) is 6.20 Å². The molecule has 166 valence electrons. The first-order valence-corrected chi connectivity index (χ1v) is 10.1. The van der Waals surface area contributed by atoms with E-state index < -0.39 is 42.5 Å². The molecule has 6 N–H and O–H groups in total. The summed E-state index contributed by atoms with van der Waals surface area (Å²) in [5.41, 5.74) is 6.70. The fraction of sp³-hybridized carbons (Fsp3) is 0.632. The van der Waals surface area contributed by atoms with Gasteiger partial charge in [-0.3, -0.25) is 19.2 Å². The molecule has 1 aliphatic rings. The van der Waals surface area contributed by atoms with Crippen molar-refractivity contribution >= 4 is 23.7 Å². The lowest BCUT2D eigenvalue weighted by Crippen LogP contribution is -2.58. The molecular formula is C19H30N6O5. The van der Waals surface area contributed by atoms with Crippen molar-refractivity contribution in [1.82, 2.24) is 25.5 Å². The van der Waals surface area contributed by atoms with Crippen molar-refractivity contribution in [2.24, 2.45) is 11.7 Å². The van der Waals surface area contributed by atoms with Crippen LogP contribution in [0.1, 0.15) is 38.8 Å². The van der Waals surface area contributed by atoms with Crippen LogP contribution in [0.15, 0.2) is 12.5 Å². The zero-order chi connectivity index (χ0) is 22.3. The number of hydrogen-bond acceptors (Lipinski definition) is 6. The Labute approximate surface area is 174 Å². The number of aliphatic carboxylic acids is 1. The average molecular weight is 422 g/mol. The van der Waals surface area contributed by atoms with Crippen LogP contribution in [0, 0.1) is 5.92 Å². The molecular weight excluding hydrogens is 392 g/mol. The molecule has 1 saturated heterocycles. The molecule has 1 aromatic heterocycles. The van der Waals surface area contributed by atoms with Gasteiger partial charge in [-0.1, -0.05) is 20.3 Å². The van der Waals surface area contributed by atoms with E-state index in [0.29, 0.717) is 31.5 Å². The van der Waals surface area contributed by atoms with Gasteiger partial charge in [0, 0.05) is 24.9 Å². The van der Waals surface area contributed by atoms with Crippen molar-refractivity contribution in [3.8, 4) is 0 Å². The lowest BCUT2D eigenvalue weighted by atomic mass is 9.96. The number of hydrogen-bond donors (Lipinski definition) is 5. The van der Waals surface area contributed by atoms with Gasteiger partial charge in [0.2, 0.25) is 17.7 Å². The van der Waals surface area contributed by atoms with Gasteiger partial charge in [0.15, 0.2) is 0 Å². The summed E-state index contributed by atoms with van der Waals surface area (Å²) in [6.07, 6.45) is 5.02. The predicted molar refractivity (Wildman–Crippen MR) is 107 cm³/mol. The van der Waals surface area contributed by atoms with Gasteiger partial charge < -0.3 is 31.4 Å². The first kappa shape index (κ1) is 23.3. The Balaban J connectivity index is 2.07. The SMILES string of the molecule is CCC(C)C(NC(=O)C(N)Cc1cnc[nH]1)C(=O)N1CCCC1C(=O)NCC(=O)O. The second-order valence-corrected chi connectivity index (χ2v) is 7.56. The van der Waals surface area contributed by atoms with Crippen molar-refractivity contribution in [2.45, 2.75) is 57.7 Å². The van der Waals surface area contributed by atoms with E-state index in [2.05, 4.69) is 20.6 Å². The minimum Gasteiger partial charge on any atom is -0.480 e. The van der Waals surface area contributed by atoms with E-state index in [0.717, 1.165) is 0 Å². The van der Waals surface area contributed by atoms with Crippen LogP contribution in [-0.4, -0.2) is 74.9 Å². The van der Waals surface area contributed by atoms with Gasteiger partial charge in [0.25, 0.3) is 0 Å². The monoisotopic (exact) mass is 422 g/mol. The van der Waals surface area contributed by atoms with Crippen LogP contribution in [0.25, 0.3) is 0 Å². The number of carboxylic acids is 1. The number of rotatable bonds is 10. The Morgan fingerprint density at radius 3 is 2.73 bits per heavy atom. The van der Waals surface area contributed by atoms with Crippen LogP contribution in [0.5, 0.6) is 0 Å². The highest BCUT2D eigenvalue weighted by Crippen LogP contribution is 2.21. The summed E-state index contributed by atoms with van der Waals surface area (Å²) in [5, 5.41) is 13.8. The third-order valence-corrected chi connectivity index (χ3v) is 5.36. The van der Waals surface area contributed by atoms with Gasteiger partial charge in [0.05, 0.1) is 12.4 Å². The molecule has 1 aromatic rings. The Morgan fingerprint density at radius 2 is 2.13 bits per heavy atom. The van der Waals surface area contributed by atoms with Crippen LogP contribution in [0.3, 0.4) is 0 Å². The number of nitrogens with zero attached hydrogens (tertiary/aromatic N) is 2. The predicted octanol–water partition coefficient (Wildman–Crippen LogP) is -0.998. The lowest BCUT2D eigenvalue weighted by Gasteiger charge is -2.31. The van der Waals surface area contributed by atoms with Gasteiger partial charge in [-0.2, -0.15) is 0 Å². The maximum absolute atomic E-state index is 13.2. The summed E-state index contributed by atoms with van der Waals surface area (Å²) >= 11 is 0. The standard InChI is InChI=1S/C19H30N6O5/c1-3-11(2)16(24-17(28)13(20)7-12-8-21-10-23-12)19(30)25-6-4-5-14(25)18(29)22-9-15(26)27/h8,10-11,13-14,16H,3-7,9,20H2,1-2H3,(H,21,23)(H,22,29)(H,24,28)(H,26,27). The van der Waals surface area contributed by atoms with Crippen LogP contribution in [-0.2, 0) is 25.6 Å². The number of carbonyl (C=O) groups is 4. The molecule has 0 bridgehead atoms. The van der Waals surface area contributed by atoms with Crippen LogP contribution in [0.4, 0.5) is 0 Å². The molecule has 2 rings (SSSR count). The van der Waals surface area contributed by atoms with E-state index in [9.17, 15) is 19.2 Å². The molecule has 3 amide bonds. The number of H-pyrrole nitrogens is 1. The first-order chi connectivity index (χ1) is 14.2. The molecule has 4 atom stereocenters. The van der Waals surface area contributed by atoms with Crippen LogP contribution in [0.2, 0.25) is 0 Å². The summed E-state index contributed by atoms with van der Waals surface area (Å²) in [7, 11) is 0. The number of nitrogens with two attached hydrogens (primary N) is 1. The summed E-state index contributed by atoms with van der Waals surface area (Å²) in [6.45, 7) is 3.61. The highest BCUT2D eigenvalue weighted by atomic mass is 16.4. The molecule has 4 unspecified atom stereocenters. The highest BCUT2D eigenvalue weighted by molar-refractivity contribution is 5.94. The third-order valence-electron chi connectivity index (χ3n) is 5.36. The molecule has 0 saturated carbocycles. The number of amides is 3. The fourth-order valence-electron chi connectivity index (χ4n) is 3.43. The minimum atomic E-state index is -1.16. The van der Waals surface area contributed by atoms with Gasteiger partial charge in [-0.05, 0) is 18.8 Å². The van der Waals surface area contributed by atoms with E-state index in [4.69, 9.17) is 10.8 Å². The molecule has 0 radical (unpaired) electrons. The highest BCUT2D eigenvalue weighted by Gasteiger charge is 2.39. The Bertz CT molecular complexity index is 753. The number of carbonyl (C=O) groups excluding carboxylic acids is 3. The van der Waals surface area contributed by atoms with E-state index in [-0.39, 0.29) is 18.2 Å². The van der Waals surface area contributed by atoms with Crippen molar-refractivity contribution in [3.63, 3.8) is 0 Å². The van der Waals surface area contributed by atoms with E-state index in [1.807, 2.05) is 13.8 Å². The lowest BCUT2D eigenvalue weighted by molar-refractivity contribution is -0.143. The molecule has 0 aliphatic carbocycles. The van der Waals surface area contributed by atoms with Crippen molar-refractivity contribution in [2.75, 3.05) is 13.1 Å². The van der Waals surface area contributed by atoms with Crippen molar-refractivity contribution in [3.05, 3.63) is 18.2 Å². The first-order valence-electron chi connectivity index (χ1n) is 10.1. The normalized spacial score (nSPS) is 19.0. The average Bonchev–Trinajstić information content (AvgIpc) is 3.40. The number of imidazole rings is 1. The van der Waals surface area contributed by atoms with Crippen LogP contribution < -0.4 is 16.4 Å². The molecule has 2 heterocycles. The molecule has 1 fully saturated rings. The summed E-state index contributed by atoms with van der Waals surface area (Å²) in [5.74, 6) is -2.67.